The van der Waals surface area contributed by atoms with Crippen molar-refractivity contribution in [1.82, 2.24) is 5.32 Å². The van der Waals surface area contributed by atoms with Gasteiger partial charge in [-0.3, -0.25) is 14.9 Å². The van der Waals surface area contributed by atoms with Crippen molar-refractivity contribution >= 4 is 11.6 Å². The standard InChI is InChI=1S/C12H12N2O4/c1-3-9(4-2)13-12(16)8-5-6-10(14(17)18)11(15)7-8/h1,5-7,9,15H,4H2,2H3,(H,13,16). The molecule has 0 aliphatic heterocycles. The summed E-state index contributed by atoms with van der Waals surface area (Å²) in [5.74, 6) is 1.36. The maximum atomic E-state index is 11.7. The minimum Gasteiger partial charge on any atom is -0.502 e. The summed E-state index contributed by atoms with van der Waals surface area (Å²) in [4.78, 5) is 21.5. The first kappa shape index (κ1) is 13.5. The molecular weight excluding hydrogens is 236 g/mol. The van der Waals surface area contributed by atoms with Crippen LogP contribution in [0.25, 0.3) is 0 Å². The minimum atomic E-state index is -0.729. The zero-order valence-corrected chi connectivity index (χ0v) is 9.71. The quantitative estimate of drug-likeness (QED) is 0.479. The Kier molecular flexibility index (Phi) is 4.27. The number of rotatable bonds is 4. The van der Waals surface area contributed by atoms with Crippen molar-refractivity contribution in [3.63, 3.8) is 0 Å². The number of carbonyl (C=O) groups is 1. The van der Waals surface area contributed by atoms with E-state index in [1.54, 1.807) is 0 Å². The Morgan fingerprint density at radius 1 is 1.67 bits per heavy atom. The number of hydrogen-bond donors (Lipinski definition) is 2. The third kappa shape index (κ3) is 2.98. The number of amides is 1. The zero-order chi connectivity index (χ0) is 13.7. The normalized spacial score (nSPS) is 11.3. The van der Waals surface area contributed by atoms with Gasteiger partial charge in [-0.05, 0) is 18.6 Å². The number of phenolic OH excluding ortho intramolecular Hbond substituents is 1. The average molecular weight is 248 g/mol. The molecule has 1 unspecified atom stereocenters. The number of terminal acetylenes is 1. The molecule has 0 fully saturated rings. The summed E-state index contributed by atoms with van der Waals surface area (Å²) in [6.07, 6.45) is 5.77. The van der Waals surface area contributed by atoms with E-state index in [0.29, 0.717) is 6.42 Å². The van der Waals surface area contributed by atoms with Gasteiger partial charge in [0.25, 0.3) is 5.91 Å². The van der Waals surface area contributed by atoms with Crippen LogP contribution in [-0.4, -0.2) is 22.0 Å². The molecule has 0 radical (unpaired) electrons. The lowest BCUT2D eigenvalue weighted by atomic mass is 10.1. The van der Waals surface area contributed by atoms with E-state index in [1.165, 1.54) is 6.07 Å². The van der Waals surface area contributed by atoms with Gasteiger partial charge in [-0.15, -0.1) is 6.42 Å². The number of benzene rings is 1. The topological polar surface area (TPSA) is 92.5 Å². The van der Waals surface area contributed by atoms with Gasteiger partial charge in [-0.1, -0.05) is 12.8 Å². The Hall–Kier alpha value is -2.55. The number of phenols is 1. The lowest BCUT2D eigenvalue weighted by Gasteiger charge is -2.10. The Bertz CT molecular complexity index is 519. The molecule has 0 bridgehead atoms. The third-order valence-corrected chi connectivity index (χ3v) is 2.35. The summed E-state index contributed by atoms with van der Waals surface area (Å²) in [6.45, 7) is 1.82. The first-order valence-corrected chi connectivity index (χ1v) is 5.24. The molecule has 0 aliphatic rings. The number of carbonyl (C=O) groups excluding carboxylic acids is 1. The van der Waals surface area contributed by atoms with Crippen LogP contribution in [0.2, 0.25) is 0 Å². The highest BCUT2D eigenvalue weighted by Crippen LogP contribution is 2.26. The van der Waals surface area contributed by atoms with Gasteiger partial charge >= 0.3 is 5.69 Å². The molecule has 94 valence electrons. The van der Waals surface area contributed by atoms with Gasteiger partial charge in [0.05, 0.1) is 11.0 Å². The molecule has 1 aromatic carbocycles. The second kappa shape index (κ2) is 5.68. The Balaban J connectivity index is 2.92. The van der Waals surface area contributed by atoms with Gasteiger partial charge in [0.2, 0.25) is 0 Å². The average Bonchev–Trinajstić information content (AvgIpc) is 2.34. The molecular formula is C12H12N2O4. The minimum absolute atomic E-state index is 0.117. The number of hydrogen-bond acceptors (Lipinski definition) is 4. The first-order chi connectivity index (χ1) is 8.49. The number of nitro benzene ring substituents is 1. The second-order valence-corrected chi connectivity index (χ2v) is 3.56. The van der Waals surface area contributed by atoms with Gasteiger partial charge < -0.3 is 10.4 Å². The zero-order valence-electron chi connectivity index (χ0n) is 9.71. The smallest absolute Gasteiger partial charge is 0.310 e. The molecule has 0 aromatic heterocycles. The van der Waals surface area contributed by atoms with E-state index in [1.807, 2.05) is 6.92 Å². The van der Waals surface area contributed by atoms with E-state index in [9.17, 15) is 20.0 Å². The summed E-state index contributed by atoms with van der Waals surface area (Å²) in [6, 6.07) is 2.96. The van der Waals surface area contributed by atoms with Crippen LogP contribution < -0.4 is 5.32 Å². The number of aromatic hydroxyl groups is 1. The Morgan fingerprint density at radius 3 is 2.78 bits per heavy atom. The highest BCUT2D eigenvalue weighted by Gasteiger charge is 2.17. The summed E-state index contributed by atoms with van der Waals surface area (Å²) >= 11 is 0. The van der Waals surface area contributed by atoms with E-state index < -0.39 is 28.3 Å². The SMILES string of the molecule is C#CC(CC)NC(=O)c1ccc([N+](=O)[O-])c(O)c1. The lowest BCUT2D eigenvalue weighted by molar-refractivity contribution is -0.385. The maximum absolute atomic E-state index is 11.7. The van der Waals surface area contributed by atoms with Crippen LogP contribution in [0.3, 0.4) is 0 Å². The van der Waals surface area contributed by atoms with E-state index in [4.69, 9.17) is 6.42 Å². The summed E-state index contributed by atoms with van der Waals surface area (Å²) in [5.41, 5.74) is -0.331. The fraction of sp³-hybridized carbons (Fsp3) is 0.250. The Labute approximate surface area is 104 Å². The molecule has 0 spiro atoms. The van der Waals surface area contributed by atoms with Crippen LogP contribution in [0, 0.1) is 22.5 Å². The van der Waals surface area contributed by atoms with Crippen molar-refractivity contribution in [3.05, 3.63) is 33.9 Å². The molecule has 6 heteroatoms. The van der Waals surface area contributed by atoms with Crippen LogP contribution in [0.15, 0.2) is 18.2 Å². The predicted octanol–water partition coefficient (Wildman–Crippen LogP) is 1.44. The fourth-order valence-corrected chi connectivity index (χ4v) is 1.32. The van der Waals surface area contributed by atoms with Crippen molar-refractivity contribution in [2.24, 2.45) is 0 Å². The highest BCUT2D eigenvalue weighted by molar-refractivity contribution is 5.95. The monoisotopic (exact) mass is 248 g/mol. The van der Waals surface area contributed by atoms with Crippen molar-refractivity contribution in [2.75, 3.05) is 0 Å². The van der Waals surface area contributed by atoms with E-state index in [2.05, 4.69) is 11.2 Å². The molecule has 0 saturated carbocycles. The van der Waals surface area contributed by atoms with Gasteiger partial charge in [-0.25, -0.2) is 0 Å². The number of nitrogens with zero attached hydrogens (tertiary/aromatic N) is 1. The number of nitrogens with one attached hydrogen (secondary N) is 1. The molecule has 1 rings (SSSR count). The lowest BCUT2D eigenvalue weighted by Crippen LogP contribution is -2.33. The van der Waals surface area contributed by atoms with Gasteiger partial charge in [-0.2, -0.15) is 0 Å². The highest BCUT2D eigenvalue weighted by atomic mass is 16.6. The summed E-state index contributed by atoms with van der Waals surface area (Å²) in [5, 5.41) is 22.4. The molecule has 0 heterocycles. The molecule has 18 heavy (non-hydrogen) atoms. The first-order valence-electron chi connectivity index (χ1n) is 5.24. The maximum Gasteiger partial charge on any atom is 0.310 e. The van der Waals surface area contributed by atoms with E-state index in [-0.39, 0.29) is 5.56 Å². The fourth-order valence-electron chi connectivity index (χ4n) is 1.32. The van der Waals surface area contributed by atoms with Crippen molar-refractivity contribution in [3.8, 4) is 18.1 Å². The summed E-state index contributed by atoms with van der Waals surface area (Å²) < 4.78 is 0. The van der Waals surface area contributed by atoms with Crippen molar-refractivity contribution in [1.29, 1.82) is 0 Å². The molecule has 1 amide bonds. The van der Waals surface area contributed by atoms with Crippen LogP contribution in [0.4, 0.5) is 5.69 Å². The molecule has 0 aliphatic carbocycles. The summed E-state index contributed by atoms with van der Waals surface area (Å²) in [7, 11) is 0. The van der Waals surface area contributed by atoms with Crippen LogP contribution in [-0.2, 0) is 0 Å². The van der Waals surface area contributed by atoms with E-state index >= 15 is 0 Å². The van der Waals surface area contributed by atoms with Crippen LogP contribution >= 0.6 is 0 Å². The molecule has 1 aromatic rings. The second-order valence-electron chi connectivity index (χ2n) is 3.56. The molecule has 6 nitrogen and oxygen atoms in total. The van der Waals surface area contributed by atoms with Crippen LogP contribution in [0.5, 0.6) is 5.75 Å². The van der Waals surface area contributed by atoms with Gasteiger partial charge in [0.1, 0.15) is 0 Å². The largest absolute Gasteiger partial charge is 0.502 e. The van der Waals surface area contributed by atoms with Crippen LogP contribution in [0.1, 0.15) is 23.7 Å². The third-order valence-electron chi connectivity index (χ3n) is 2.35. The number of nitro groups is 1. The Morgan fingerprint density at radius 2 is 2.33 bits per heavy atom. The van der Waals surface area contributed by atoms with Gasteiger partial charge in [0.15, 0.2) is 5.75 Å². The predicted molar refractivity (Wildman–Crippen MR) is 65.1 cm³/mol. The molecule has 1 atom stereocenters. The van der Waals surface area contributed by atoms with Gasteiger partial charge in [0, 0.05) is 11.6 Å². The molecule has 2 N–H and O–H groups in total. The van der Waals surface area contributed by atoms with E-state index in [0.717, 1.165) is 12.1 Å². The van der Waals surface area contributed by atoms with Crippen molar-refractivity contribution < 1.29 is 14.8 Å². The van der Waals surface area contributed by atoms with Crippen molar-refractivity contribution in [2.45, 2.75) is 19.4 Å². The molecule has 0 saturated heterocycles.